The number of piperidine rings is 1. The van der Waals surface area contributed by atoms with Crippen LogP contribution in [0.15, 0.2) is 0 Å². The molecule has 0 aromatic rings. The number of rotatable bonds is 4. The Balaban J connectivity index is 1.98. The van der Waals surface area contributed by atoms with Crippen LogP contribution >= 0.6 is 0 Å². The normalized spacial score (nSPS) is 34.1. The van der Waals surface area contributed by atoms with Gasteiger partial charge in [-0.3, -0.25) is 4.90 Å². The number of likely N-dealkylation sites (tertiary alicyclic amines) is 1. The van der Waals surface area contributed by atoms with E-state index in [1.807, 2.05) is 7.05 Å². The SMILES string of the molecule is CNC(C)(CO)CN1CCC[C@H]2CCCC[C@H]21. The molecule has 1 saturated heterocycles. The monoisotopic (exact) mass is 240 g/mol. The molecule has 2 aliphatic rings. The highest BCUT2D eigenvalue weighted by Crippen LogP contribution is 2.35. The molecule has 17 heavy (non-hydrogen) atoms. The van der Waals surface area contributed by atoms with Crippen molar-refractivity contribution in [2.45, 2.75) is 57.0 Å². The van der Waals surface area contributed by atoms with Crippen LogP contribution in [0.1, 0.15) is 45.4 Å². The van der Waals surface area contributed by atoms with E-state index >= 15 is 0 Å². The average molecular weight is 240 g/mol. The maximum atomic E-state index is 9.52. The van der Waals surface area contributed by atoms with E-state index < -0.39 is 0 Å². The number of aliphatic hydroxyl groups is 1. The van der Waals surface area contributed by atoms with Crippen LogP contribution in [0.3, 0.4) is 0 Å². The zero-order valence-corrected chi connectivity index (χ0v) is 11.4. The second-order valence-corrected chi connectivity index (χ2v) is 6.19. The van der Waals surface area contributed by atoms with E-state index in [0.29, 0.717) is 0 Å². The predicted molar refractivity (Wildman–Crippen MR) is 71.1 cm³/mol. The van der Waals surface area contributed by atoms with Crippen LogP contribution in [0.4, 0.5) is 0 Å². The van der Waals surface area contributed by atoms with Crippen LogP contribution < -0.4 is 5.32 Å². The Bertz CT molecular complexity index is 238. The summed E-state index contributed by atoms with van der Waals surface area (Å²) in [5, 5.41) is 12.8. The molecule has 0 bridgehead atoms. The van der Waals surface area contributed by atoms with Crippen molar-refractivity contribution >= 4 is 0 Å². The van der Waals surface area contributed by atoms with Gasteiger partial charge in [0, 0.05) is 12.6 Å². The first-order valence-corrected chi connectivity index (χ1v) is 7.22. The van der Waals surface area contributed by atoms with Gasteiger partial charge in [-0.2, -0.15) is 0 Å². The first kappa shape index (κ1) is 13.3. The number of aliphatic hydroxyl groups excluding tert-OH is 1. The minimum absolute atomic E-state index is 0.140. The van der Waals surface area contributed by atoms with Crippen LogP contribution in [-0.2, 0) is 0 Å². The quantitative estimate of drug-likeness (QED) is 0.784. The summed E-state index contributed by atoms with van der Waals surface area (Å²) in [6.07, 6.45) is 8.39. The summed E-state index contributed by atoms with van der Waals surface area (Å²) in [4.78, 5) is 2.64. The molecule has 0 spiro atoms. The molecule has 1 heterocycles. The van der Waals surface area contributed by atoms with Crippen LogP contribution in [0.5, 0.6) is 0 Å². The van der Waals surface area contributed by atoms with Crippen molar-refractivity contribution in [3.8, 4) is 0 Å². The Morgan fingerprint density at radius 1 is 1.24 bits per heavy atom. The van der Waals surface area contributed by atoms with E-state index in [2.05, 4.69) is 17.1 Å². The molecule has 1 aliphatic heterocycles. The molecule has 0 radical (unpaired) electrons. The van der Waals surface area contributed by atoms with E-state index in [-0.39, 0.29) is 12.1 Å². The minimum atomic E-state index is -0.140. The fraction of sp³-hybridized carbons (Fsp3) is 1.00. The lowest BCUT2D eigenvalue weighted by Crippen LogP contribution is -2.57. The molecule has 2 rings (SSSR count). The van der Waals surface area contributed by atoms with E-state index in [1.165, 1.54) is 45.1 Å². The summed E-state index contributed by atoms with van der Waals surface area (Å²) in [5.41, 5.74) is -0.140. The second-order valence-electron chi connectivity index (χ2n) is 6.19. The number of likely N-dealkylation sites (N-methyl/N-ethyl adjacent to an activating group) is 1. The first-order valence-electron chi connectivity index (χ1n) is 7.22. The van der Waals surface area contributed by atoms with Crippen molar-refractivity contribution in [1.82, 2.24) is 10.2 Å². The van der Waals surface area contributed by atoms with Crippen molar-refractivity contribution in [2.24, 2.45) is 5.92 Å². The van der Waals surface area contributed by atoms with Crippen molar-refractivity contribution < 1.29 is 5.11 Å². The van der Waals surface area contributed by atoms with Gasteiger partial charge in [0.25, 0.3) is 0 Å². The lowest BCUT2D eigenvalue weighted by atomic mass is 9.78. The van der Waals surface area contributed by atoms with Crippen LogP contribution in [-0.4, -0.2) is 48.3 Å². The highest BCUT2D eigenvalue weighted by Gasteiger charge is 2.36. The summed E-state index contributed by atoms with van der Waals surface area (Å²) in [7, 11) is 1.96. The molecular weight excluding hydrogens is 212 g/mol. The topological polar surface area (TPSA) is 35.5 Å². The van der Waals surface area contributed by atoms with Crippen LogP contribution in [0, 0.1) is 5.92 Å². The highest BCUT2D eigenvalue weighted by molar-refractivity contribution is 4.92. The van der Waals surface area contributed by atoms with E-state index in [0.717, 1.165) is 18.5 Å². The average Bonchev–Trinajstić information content (AvgIpc) is 2.39. The Kier molecular flexibility index (Phi) is 4.45. The summed E-state index contributed by atoms with van der Waals surface area (Å²) in [5.74, 6) is 0.928. The van der Waals surface area contributed by atoms with Gasteiger partial charge in [0.15, 0.2) is 0 Å². The zero-order valence-electron chi connectivity index (χ0n) is 11.4. The minimum Gasteiger partial charge on any atom is -0.394 e. The lowest BCUT2D eigenvalue weighted by Gasteiger charge is -2.47. The maximum absolute atomic E-state index is 9.52. The van der Waals surface area contributed by atoms with Gasteiger partial charge < -0.3 is 10.4 Å². The molecule has 0 aromatic carbocycles. The molecular formula is C14H28N2O. The van der Waals surface area contributed by atoms with Crippen molar-refractivity contribution in [3.63, 3.8) is 0 Å². The molecule has 0 aromatic heterocycles. The number of nitrogens with one attached hydrogen (secondary N) is 1. The first-order chi connectivity index (χ1) is 8.18. The van der Waals surface area contributed by atoms with E-state index in [4.69, 9.17) is 0 Å². The standard InChI is InChI=1S/C14H28N2O/c1-14(11-17,15-2)10-16-9-5-7-12-6-3-4-8-13(12)16/h12-13,15,17H,3-11H2,1-2H3/t12-,13-,14?/m1/s1. The third kappa shape index (κ3) is 3.01. The van der Waals surface area contributed by atoms with Crippen LogP contribution in [0.2, 0.25) is 0 Å². The maximum Gasteiger partial charge on any atom is 0.0623 e. The number of nitrogens with zero attached hydrogens (tertiary/aromatic N) is 1. The smallest absolute Gasteiger partial charge is 0.0623 e. The second kappa shape index (κ2) is 5.68. The summed E-state index contributed by atoms with van der Waals surface area (Å²) >= 11 is 0. The third-order valence-corrected chi connectivity index (χ3v) is 4.86. The molecule has 1 saturated carbocycles. The number of hydrogen-bond donors (Lipinski definition) is 2. The van der Waals surface area contributed by atoms with Gasteiger partial charge in [-0.1, -0.05) is 12.8 Å². The molecule has 3 heteroatoms. The molecule has 1 aliphatic carbocycles. The molecule has 3 atom stereocenters. The summed E-state index contributed by atoms with van der Waals surface area (Å²) in [6, 6.07) is 0.789. The van der Waals surface area contributed by atoms with E-state index in [1.54, 1.807) is 0 Å². The summed E-state index contributed by atoms with van der Waals surface area (Å²) in [6.45, 7) is 4.55. The number of fused-ring (bicyclic) bond motifs is 1. The van der Waals surface area contributed by atoms with Gasteiger partial charge >= 0.3 is 0 Å². The molecule has 0 amide bonds. The van der Waals surface area contributed by atoms with Gasteiger partial charge in [-0.05, 0) is 52.1 Å². The Labute approximate surface area is 106 Å². The van der Waals surface area contributed by atoms with Gasteiger partial charge in [0.2, 0.25) is 0 Å². The molecule has 3 nitrogen and oxygen atoms in total. The van der Waals surface area contributed by atoms with Crippen LogP contribution in [0.25, 0.3) is 0 Å². The fourth-order valence-electron chi connectivity index (χ4n) is 3.58. The third-order valence-electron chi connectivity index (χ3n) is 4.86. The largest absolute Gasteiger partial charge is 0.394 e. The summed E-state index contributed by atoms with van der Waals surface area (Å²) < 4.78 is 0. The molecule has 2 N–H and O–H groups in total. The highest BCUT2D eigenvalue weighted by atomic mass is 16.3. The Morgan fingerprint density at radius 2 is 1.94 bits per heavy atom. The predicted octanol–water partition coefficient (Wildman–Crippen LogP) is 1.61. The lowest BCUT2D eigenvalue weighted by molar-refractivity contribution is 0.0271. The van der Waals surface area contributed by atoms with Crippen molar-refractivity contribution in [3.05, 3.63) is 0 Å². The van der Waals surface area contributed by atoms with Crippen molar-refractivity contribution in [2.75, 3.05) is 26.7 Å². The van der Waals surface area contributed by atoms with Gasteiger partial charge in [-0.15, -0.1) is 0 Å². The van der Waals surface area contributed by atoms with Gasteiger partial charge in [0.05, 0.1) is 12.1 Å². The van der Waals surface area contributed by atoms with Crippen molar-refractivity contribution in [1.29, 1.82) is 0 Å². The zero-order chi connectivity index (χ0) is 12.3. The molecule has 2 fully saturated rings. The molecule has 1 unspecified atom stereocenters. The molecule has 100 valence electrons. The van der Waals surface area contributed by atoms with Gasteiger partial charge in [-0.25, -0.2) is 0 Å². The Hall–Kier alpha value is -0.120. The Morgan fingerprint density at radius 3 is 2.65 bits per heavy atom. The fourth-order valence-corrected chi connectivity index (χ4v) is 3.58. The van der Waals surface area contributed by atoms with Gasteiger partial charge in [0.1, 0.15) is 0 Å². The van der Waals surface area contributed by atoms with E-state index in [9.17, 15) is 5.11 Å². The number of hydrogen-bond acceptors (Lipinski definition) is 3.